The minimum atomic E-state index is -0.436. The van der Waals surface area contributed by atoms with Gasteiger partial charge in [0.2, 0.25) is 0 Å². The summed E-state index contributed by atoms with van der Waals surface area (Å²) in [5, 5.41) is 0.217. The van der Waals surface area contributed by atoms with E-state index in [1.165, 1.54) is 12.5 Å². The molecule has 3 nitrogen and oxygen atoms in total. The Morgan fingerprint density at radius 1 is 1.14 bits per heavy atom. The zero-order valence-corrected chi connectivity index (χ0v) is 16.7. The molecule has 1 aliphatic rings. The second kappa shape index (κ2) is 7.42. The number of aromatic nitrogens is 1. The molecule has 146 valence electrons. The van der Waals surface area contributed by atoms with Crippen LogP contribution in [0.1, 0.15) is 44.6 Å². The van der Waals surface area contributed by atoms with Crippen LogP contribution in [0.4, 0.5) is 4.39 Å². The van der Waals surface area contributed by atoms with Crippen LogP contribution in [0.15, 0.2) is 47.4 Å². The monoisotopic (exact) mass is 379 g/mol. The lowest BCUT2D eigenvalue weighted by Crippen LogP contribution is -2.14. The molecule has 0 amide bonds. The molecule has 1 saturated carbocycles. The molecule has 1 heterocycles. The van der Waals surface area contributed by atoms with Crippen molar-refractivity contribution in [3.8, 4) is 16.9 Å². The first-order valence-electron chi connectivity index (χ1n) is 10.1. The van der Waals surface area contributed by atoms with Crippen LogP contribution >= 0.6 is 0 Å². The average molecular weight is 379 g/mol. The molecule has 2 unspecified atom stereocenters. The van der Waals surface area contributed by atoms with Crippen molar-refractivity contribution < 1.29 is 9.13 Å². The first-order chi connectivity index (χ1) is 13.6. The quantitative estimate of drug-likeness (QED) is 0.547. The predicted octanol–water partition coefficient (Wildman–Crippen LogP) is 5.74. The molecule has 2 atom stereocenters. The standard InChI is InChI=1S/C24H26FNO2/c1-4-6-16-13-19(16)18-11-12-21(25)22-23(18)26(5-2)14-20(24(22)27)15-7-9-17(28-3)10-8-15/h7-12,14,16,19H,4-6,13H2,1-3H3. The number of ether oxygens (including phenoxy) is 1. The highest BCUT2D eigenvalue weighted by Gasteiger charge is 2.39. The van der Waals surface area contributed by atoms with E-state index in [-0.39, 0.29) is 10.8 Å². The fourth-order valence-corrected chi connectivity index (χ4v) is 4.36. The van der Waals surface area contributed by atoms with E-state index < -0.39 is 5.82 Å². The molecular weight excluding hydrogens is 353 g/mol. The summed E-state index contributed by atoms with van der Waals surface area (Å²) >= 11 is 0. The lowest BCUT2D eigenvalue weighted by Gasteiger charge is -2.16. The van der Waals surface area contributed by atoms with E-state index in [9.17, 15) is 9.18 Å². The second-order valence-electron chi connectivity index (χ2n) is 7.64. The highest BCUT2D eigenvalue weighted by molar-refractivity contribution is 5.88. The fraction of sp³-hybridized carbons (Fsp3) is 0.375. The Morgan fingerprint density at radius 3 is 2.54 bits per heavy atom. The molecule has 3 aromatic rings. The van der Waals surface area contributed by atoms with Crippen molar-refractivity contribution in [3.63, 3.8) is 0 Å². The van der Waals surface area contributed by atoms with Crippen molar-refractivity contribution in [2.75, 3.05) is 7.11 Å². The average Bonchev–Trinajstić information content (AvgIpc) is 3.48. The van der Waals surface area contributed by atoms with Crippen molar-refractivity contribution >= 4 is 10.9 Å². The van der Waals surface area contributed by atoms with Gasteiger partial charge >= 0.3 is 0 Å². The van der Waals surface area contributed by atoms with Gasteiger partial charge in [-0.05, 0) is 54.5 Å². The number of nitrogens with zero attached hydrogens (tertiary/aromatic N) is 1. The van der Waals surface area contributed by atoms with Gasteiger partial charge in [0.15, 0.2) is 5.43 Å². The summed E-state index contributed by atoms with van der Waals surface area (Å²) in [6.07, 6.45) is 5.35. The third-order valence-corrected chi connectivity index (χ3v) is 5.93. The summed E-state index contributed by atoms with van der Waals surface area (Å²) in [7, 11) is 1.61. The third kappa shape index (κ3) is 3.11. The van der Waals surface area contributed by atoms with E-state index in [1.54, 1.807) is 7.11 Å². The largest absolute Gasteiger partial charge is 0.497 e. The third-order valence-electron chi connectivity index (χ3n) is 5.93. The SMILES string of the molecule is CCCC1CC1c1ccc(F)c2c(=O)c(-c3ccc(OC)cc3)cn(CC)c12. The first-order valence-corrected chi connectivity index (χ1v) is 10.1. The predicted molar refractivity (Wildman–Crippen MR) is 112 cm³/mol. The summed E-state index contributed by atoms with van der Waals surface area (Å²) in [6.45, 7) is 4.91. The van der Waals surface area contributed by atoms with Gasteiger partial charge in [0.25, 0.3) is 0 Å². The van der Waals surface area contributed by atoms with Crippen LogP contribution in [-0.2, 0) is 6.54 Å². The summed E-state index contributed by atoms with van der Waals surface area (Å²) in [6, 6.07) is 10.7. The Balaban J connectivity index is 1.92. The van der Waals surface area contributed by atoms with Crippen molar-refractivity contribution in [2.24, 2.45) is 5.92 Å². The Hall–Kier alpha value is -2.62. The van der Waals surface area contributed by atoms with E-state index in [2.05, 4.69) is 6.92 Å². The number of aryl methyl sites for hydroxylation is 1. The van der Waals surface area contributed by atoms with E-state index in [1.807, 2.05) is 48.0 Å². The summed E-state index contributed by atoms with van der Waals surface area (Å²) < 4.78 is 22.1. The molecule has 4 rings (SSSR count). The van der Waals surface area contributed by atoms with E-state index in [4.69, 9.17) is 4.74 Å². The zero-order valence-electron chi connectivity index (χ0n) is 16.7. The van der Waals surface area contributed by atoms with Gasteiger partial charge < -0.3 is 9.30 Å². The van der Waals surface area contributed by atoms with Crippen LogP contribution in [0.2, 0.25) is 0 Å². The van der Waals surface area contributed by atoms with Crippen LogP contribution in [0.25, 0.3) is 22.0 Å². The van der Waals surface area contributed by atoms with Crippen LogP contribution in [0.5, 0.6) is 5.75 Å². The molecule has 1 aliphatic carbocycles. The van der Waals surface area contributed by atoms with Crippen molar-refractivity contribution in [2.45, 2.75) is 45.6 Å². The van der Waals surface area contributed by atoms with Crippen LogP contribution in [0.3, 0.4) is 0 Å². The Morgan fingerprint density at radius 2 is 1.89 bits per heavy atom. The molecule has 0 bridgehead atoms. The molecule has 0 saturated heterocycles. The van der Waals surface area contributed by atoms with Gasteiger partial charge in [0, 0.05) is 18.3 Å². The van der Waals surface area contributed by atoms with Crippen molar-refractivity contribution in [1.82, 2.24) is 4.57 Å². The minimum absolute atomic E-state index is 0.217. The molecular formula is C24H26FNO2. The molecule has 0 radical (unpaired) electrons. The summed E-state index contributed by atoms with van der Waals surface area (Å²) in [4.78, 5) is 13.3. The fourth-order valence-electron chi connectivity index (χ4n) is 4.36. The first kappa shape index (κ1) is 18.7. The number of methoxy groups -OCH3 is 1. The summed E-state index contributed by atoms with van der Waals surface area (Å²) in [5.74, 6) is 1.38. The molecule has 0 spiro atoms. The maximum Gasteiger partial charge on any atom is 0.200 e. The highest BCUT2D eigenvalue weighted by atomic mass is 19.1. The molecule has 2 aromatic carbocycles. The number of fused-ring (bicyclic) bond motifs is 1. The molecule has 1 aromatic heterocycles. The lowest BCUT2D eigenvalue weighted by atomic mass is 9.98. The maximum absolute atomic E-state index is 14.9. The van der Waals surface area contributed by atoms with Gasteiger partial charge in [0.05, 0.1) is 18.0 Å². The van der Waals surface area contributed by atoms with Gasteiger partial charge in [-0.15, -0.1) is 0 Å². The number of hydrogen-bond donors (Lipinski definition) is 0. The van der Waals surface area contributed by atoms with Crippen LogP contribution in [0, 0.1) is 11.7 Å². The smallest absolute Gasteiger partial charge is 0.200 e. The number of pyridine rings is 1. The van der Waals surface area contributed by atoms with Gasteiger partial charge in [-0.2, -0.15) is 0 Å². The van der Waals surface area contributed by atoms with Gasteiger partial charge in [-0.3, -0.25) is 4.79 Å². The normalized spacial score (nSPS) is 18.4. The van der Waals surface area contributed by atoms with Gasteiger partial charge in [-0.25, -0.2) is 4.39 Å². The Bertz CT molecular complexity index is 1070. The van der Waals surface area contributed by atoms with E-state index in [0.717, 1.165) is 35.2 Å². The highest BCUT2D eigenvalue weighted by Crippen LogP contribution is 2.51. The lowest BCUT2D eigenvalue weighted by molar-refractivity contribution is 0.415. The van der Waals surface area contributed by atoms with Crippen LogP contribution in [-0.4, -0.2) is 11.7 Å². The van der Waals surface area contributed by atoms with Gasteiger partial charge in [0.1, 0.15) is 11.6 Å². The van der Waals surface area contributed by atoms with Crippen LogP contribution < -0.4 is 10.2 Å². The topological polar surface area (TPSA) is 31.2 Å². The Labute approximate surface area is 164 Å². The molecule has 0 N–H and O–H groups in total. The Kier molecular flexibility index (Phi) is 4.96. The summed E-state index contributed by atoms with van der Waals surface area (Å²) in [5.41, 5.74) is 2.95. The van der Waals surface area contributed by atoms with E-state index >= 15 is 0 Å². The van der Waals surface area contributed by atoms with Gasteiger partial charge in [-0.1, -0.05) is 38.0 Å². The minimum Gasteiger partial charge on any atom is -0.497 e. The molecule has 0 aliphatic heterocycles. The zero-order chi connectivity index (χ0) is 19.8. The molecule has 4 heteroatoms. The number of hydrogen-bond acceptors (Lipinski definition) is 2. The maximum atomic E-state index is 14.9. The molecule has 1 fully saturated rings. The van der Waals surface area contributed by atoms with Crippen molar-refractivity contribution in [1.29, 1.82) is 0 Å². The second-order valence-corrected chi connectivity index (χ2v) is 7.64. The number of halogens is 1. The van der Waals surface area contributed by atoms with Crippen molar-refractivity contribution in [3.05, 3.63) is 64.2 Å². The van der Waals surface area contributed by atoms with E-state index in [0.29, 0.717) is 23.9 Å². The number of benzene rings is 2. The molecule has 28 heavy (non-hydrogen) atoms. The number of rotatable bonds is 6.